The third-order valence-electron chi connectivity index (χ3n) is 4.06. The maximum absolute atomic E-state index is 12.7. The first kappa shape index (κ1) is 21.4. The highest BCUT2D eigenvalue weighted by Gasteiger charge is 2.18. The number of rotatable bonds is 7. The normalized spacial score (nSPS) is 11.8. The number of hydrogen-bond acceptors (Lipinski definition) is 6. The van der Waals surface area contributed by atoms with Crippen LogP contribution in [0.25, 0.3) is 10.6 Å². The van der Waals surface area contributed by atoms with Crippen LogP contribution in [0.4, 0.5) is 5.13 Å². The molecule has 1 aromatic carbocycles. The molecule has 152 valence electrons. The zero-order chi connectivity index (χ0) is 21.0. The third kappa shape index (κ3) is 5.17. The van der Waals surface area contributed by atoms with E-state index in [-0.39, 0.29) is 11.8 Å². The summed E-state index contributed by atoms with van der Waals surface area (Å²) in [6, 6.07) is 10.9. The van der Waals surface area contributed by atoms with Gasteiger partial charge in [-0.15, -0.1) is 22.7 Å². The van der Waals surface area contributed by atoms with E-state index >= 15 is 0 Å². The molecule has 0 aliphatic rings. The summed E-state index contributed by atoms with van der Waals surface area (Å²) in [5.41, 5.74) is 1.21. The van der Waals surface area contributed by atoms with Gasteiger partial charge >= 0.3 is 0 Å². The molecule has 0 bridgehead atoms. The molecule has 0 aliphatic heterocycles. The number of nitrogens with one attached hydrogen (secondary N) is 2. The SMILES string of the molecule is CCS(=O)c1ccccc1C(=O)Nc1nc(-c2ccc(CNC(C)=O)s2)c(C)s1. The van der Waals surface area contributed by atoms with Crippen LogP contribution in [-0.2, 0) is 22.1 Å². The van der Waals surface area contributed by atoms with Gasteiger partial charge in [0.2, 0.25) is 5.91 Å². The molecule has 3 rings (SSSR count). The molecule has 3 aromatic rings. The Morgan fingerprint density at radius 2 is 1.90 bits per heavy atom. The number of amides is 2. The second-order valence-corrected chi connectivity index (χ2v) is 10.3. The topological polar surface area (TPSA) is 88.2 Å². The van der Waals surface area contributed by atoms with Crippen molar-refractivity contribution >= 4 is 50.4 Å². The van der Waals surface area contributed by atoms with E-state index in [1.807, 2.05) is 26.0 Å². The lowest BCUT2D eigenvalue weighted by Crippen LogP contribution is -2.17. The fraction of sp³-hybridized carbons (Fsp3) is 0.250. The highest BCUT2D eigenvalue weighted by Crippen LogP contribution is 2.35. The number of thiophene rings is 1. The summed E-state index contributed by atoms with van der Waals surface area (Å²) in [6.45, 7) is 5.75. The third-order valence-corrected chi connectivity index (χ3v) is 7.41. The lowest BCUT2D eigenvalue weighted by atomic mass is 10.2. The quantitative estimate of drug-likeness (QED) is 0.568. The van der Waals surface area contributed by atoms with Crippen LogP contribution in [-0.4, -0.2) is 26.8 Å². The molecule has 2 N–H and O–H groups in total. The first-order chi connectivity index (χ1) is 13.9. The van der Waals surface area contributed by atoms with Gasteiger partial charge in [0, 0.05) is 22.4 Å². The lowest BCUT2D eigenvalue weighted by Gasteiger charge is -2.07. The predicted molar refractivity (Wildman–Crippen MR) is 119 cm³/mol. The summed E-state index contributed by atoms with van der Waals surface area (Å²) in [7, 11) is -1.22. The molecule has 2 heterocycles. The Balaban J connectivity index is 1.79. The molecule has 1 atom stereocenters. The minimum absolute atomic E-state index is 0.0703. The molecule has 29 heavy (non-hydrogen) atoms. The van der Waals surface area contributed by atoms with Crippen LogP contribution in [0.15, 0.2) is 41.3 Å². The number of thiazole rings is 1. The second-order valence-electron chi connectivity index (χ2n) is 6.18. The standard InChI is InChI=1S/C20H21N3O3S3/c1-4-29(26)17-8-6-5-7-15(17)19(25)23-20-22-18(12(2)27-20)16-10-9-14(28-16)11-21-13(3)24/h5-10H,4,11H2,1-3H3,(H,21,24)(H,22,23,25). The van der Waals surface area contributed by atoms with Gasteiger partial charge in [0.25, 0.3) is 5.91 Å². The maximum atomic E-state index is 12.7. The predicted octanol–water partition coefficient (Wildman–Crippen LogP) is 4.20. The molecular formula is C20H21N3O3S3. The van der Waals surface area contributed by atoms with E-state index in [1.165, 1.54) is 18.3 Å². The molecule has 2 aromatic heterocycles. The summed E-state index contributed by atoms with van der Waals surface area (Å²) in [5.74, 6) is 0.0589. The van der Waals surface area contributed by atoms with Crippen molar-refractivity contribution in [1.29, 1.82) is 0 Å². The van der Waals surface area contributed by atoms with E-state index in [2.05, 4.69) is 15.6 Å². The monoisotopic (exact) mass is 447 g/mol. The van der Waals surface area contributed by atoms with Crippen LogP contribution in [0.1, 0.15) is 34.0 Å². The van der Waals surface area contributed by atoms with Crippen molar-refractivity contribution in [2.24, 2.45) is 0 Å². The lowest BCUT2D eigenvalue weighted by molar-refractivity contribution is -0.119. The molecular weight excluding hydrogens is 426 g/mol. The Labute approximate surface area is 179 Å². The fourth-order valence-corrected chi connectivity index (χ4v) is 5.49. The van der Waals surface area contributed by atoms with E-state index in [0.717, 1.165) is 20.3 Å². The van der Waals surface area contributed by atoms with Crippen molar-refractivity contribution in [3.05, 3.63) is 51.7 Å². The smallest absolute Gasteiger partial charge is 0.258 e. The zero-order valence-electron chi connectivity index (χ0n) is 16.3. The Morgan fingerprint density at radius 1 is 1.14 bits per heavy atom. The first-order valence-electron chi connectivity index (χ1n) is 8.98. The summed E-state index contributed by atoms with van der Waals surface area (Å²) < 4.78 is 12.2. The van der Waals surface area contributed by atoms with Crippen LogP contribution in [0.5, 0.6) is 0 Å². The van der Waals surface area contributed by atoms with Gasteiger partial charge in [-0.05, 0) is 31.2 Å². The molecule has 2 amide bonds. The van der Waals surface area contributed by atoms with Gasteiger partial charge in [-0.2, -0.15) is 0 Å². The fourth-order valence-electron chi connectivity index (χ4n) is 2.66. The Bertz CT molecular complexity index is 1070. The van der Waals surface area contributed by atoms with Crippen molar-refractivity contribution in [2.75, 3.05) is 11.1 Å². The van der Waals surface area contributed by atoms with Gasteiger partial charge in [0.15, 0.2) is 5.13 Å². The Hall–Kier alpha value is -2.36. The Kier molecular flexibility index (Phi) is 6.94. The van der Waals surface area contributed by atoms with Gasteiger partial charge < -0.3 is 5.32 Å². The summed E-state index contributed by atoms with van der Waals surface area (Å²) in [4.78, 5) is 31.9. The molecule has 6 nitrogen and oxygen atoms in total. The van der Waals surface area contributed by atoms with Crippen molar-refractivity contribution in [3.8, 4) is 10.6 Å². The van der Waals surface area contributed by atoms with E-state index in [1.54, 1.807) is 35.6 Å². The summed E-state index contributed by atoms with van der Waals surface area (Å²) in [5, 5.41) is 6.12. The van der Waals surface area contributed by atoms with E-state index in [9.17, 15) is 13.8 Å². The number of aromatic nitrogens is 1. The number of carbonyl (C=O) groups is 2. The van der Waals surface area contributed by atoms with Crippen LogP contribution >= 0.6 is 22.7 Å². The van der Waals surface area contributed by atoms with Crippen LogP contribution in [0, 0.1) is 6.92 Å². The highest BCUT2D eigenvalue weighted by atomic mass is 32.2. The van der Waals surface area contributed by atoms with E-state index in [4.69, 9.17) is 0 Å². The summed E-state index contributed by atoms with van der Waals surface area (Å²) in [6.07, 6.45) is 0. The van der Waals surface area contributed by atoms with Crippen molar-refractivity contribution in [3.63, 3.8) is 0 Å². The highest BCUT2D eigenvalue weighted by molar-refractivity contribution is 7.85. The molecule has 9 heteroatoms. The van der Waals surface area contributed by atoms with E-state index in [0.29, 0.717) is 27.9 Å². The average Bonchev–Trinajstić information content (AvgIpc) is 3.31. The van der Waals surface area contributed by atoms with Gasteiger partial charge in [-0.1, -0.05) is 19.1 Å². The number of nitrogens with zero attached hydrogens (tertiary/aromatic N) is 1. The van der Waals surface area contributed by atoms with Crippen molar-refractivity contribution < 1.29 is 13.8 Å². The maximum Gasteiger partial charge on any atom is 0.258 e. The van der Waals surface area contributed by atoms with Crippen LogP contribution in [0.3, 0.4) is 0 Å². The molecule has 0 aliphatic carbocycles. The average molecular weight is 448 g/mol. The molecule has 0 fully saturated rings. The van der Waals surface area contributed by atoms with Crippen LogP contribution < -0.4 is 10.6 Å². The molecule has 1 unspecified atom stereocenters. The van der Waals surface area contributed by atoms with Gasteiger partial charge in [-0.3, -0.25) is 19.1 Å². The van der Waals surface area contributed by atoms with Gasteiger partial charge in [0.05, 0.1) is 38.4 Å². The number of aryl methyl sites for hydroxylation is 1. The van der Waals surface area contributed by atoms with Crippen molar-refractivity contribution in [1.82, 2.24) is 10.3 Å². The minimum atomic E-state index is -1.22. The minimum Gasteiger partial charge on any atom is -0.351 e. The Morgan fingerprint density at radius 3 is 2.62 bits per heavy atom. The number of carbonyl (C=O) groups excluding carboxylic acids is 2. The summed E-state index contributed by atoms with van der Waals surface area (Å²) >= 11 is 2.95. The molecule has 0 saturated heterocycles. The largest absolute Gasteiger partial charge is 0.351 e. The van der Waals surface area contributed by atoms with Gasteiger partial charge in [0.1, 0.15) is 0 Å². The van der Waals surface area contributed by atoms with Crippen molar-refractivity contribution in [2.45, 2.75) is 32.2 Å². The van der Waals surface area contributed by atoms with Gasteiger partial charge in [-0.25, -0.2) is 4.98 Å². The number of anilines is 1. The van der Waals surface area contributed by atoms with E-state index < -0.39 is 10.8 Å². The zero-order valence-corrected chi connectivity index (χ0v) is 18.7. The van der Waals surface area contributed by atoms with Crippen LogP contribution in [0.2, 0.25) is 0 Å². The molecule has 0 radical (unpaired) electrons. The molecule has 0 spiro atoms. The first-order valence-corrected chi connectivity index (χ1v) is 11.9. The molecule has 0 saturated carbocycles. The second kappa shape index (κ2) is 9.43. The number of hydrogen-bond donors (Lipinski definition) is 2. The number of benzene rings is 1.